The zero-order valence-corrected chi connectivity index (χ0v) is 17.4. The lowest BCUT2D eigenvalue weighted by Gasteiger charge is -2.40. The Morgan fingerprint density at radius 3 is 2.64 bits per heavy atom. The van der Waals surface area contributed by atoms with Gasteiger partial charge in [0.05, 0.1) is 16.4 Å². The second-order valence-corrected chi connectivity index (χ2v) is 10.5. The predicted octanol–water partition coefficient (Wildman–Crippen LogP) is 2.23. The normalized spacial score (nSPS) is 18.6. The van der Waals surface area contributed by atoms with Gasteiger partial charge in [0.25, 0.3) is 5.91 Å². The molecule has 2 aliphatic heterocycles. The zero-order chi connectivity index (χ0) is 19.8. The Hall–Kier alpha value is -1.74. The lowest BCUT2D eigenvalue weighted by atomic mass is 9.86. The Morgan fingerprint density at radius 2 is 1.96 bits per heavy atom. The summed E-state index contributed by atoms with van der Waals surface area (Å²) in [5.74, 6) is -0.101. The fraction of sp³-hybridized carbons (Fsp3) is 0.450. The molecule has 1 fully saturated rings. The molecule has 0 radical (unpaired) electrons. The zero-order valence-electron chi connectivity index (χ0n) is 15.8. The molecule has 8 heteroatoms. The first-order chi connectivity index (χ1) is 13.4. The number of ether oxygens (including phenoxy) is 1. The summed E-state index contributed by atoms with van der Waals surface area (Å²) in [5, 5.41) is 6.32. The van der Waals surface area contributed by atoms with E-state index in [1.807, 2.05) is 6.07 Å². The Morgan fingerprint density at radius 1 is 1.25 bits per heavy atom. The van der Waals surface area contributed by atoms with E-state index in [1.165, 1.54) is 16.7 Å². The average Bonchev–Trinajstić information content (AvgIpc) is 3.13. The van der Waals surface area contributed by atoms with Crippen molar-refractivity contribution in [2.75, 3.05) is 26.0 Å². The number of amides is 1. The van der Waals surface area contributed by atoms with Crippen LogP contribution in [0.3, 0.4) is 0 Å². The van der Waals surface area contributed by atoms with Crippen molar-refractivity contribution in [1.82, 2.24) is 10.6 Å². The van der Waals surface area contributed by atoms with Crippen LogP contribution in [-0.2, 0) is 33.1 Å². The molecule has 0 aliphatic carbocycles. The van der Waals surface area contributed by atoms with Gasteiger partial charge in [0.2, 0.25) is 0 Å². The Kier molecular flexibility index (Phi) is 5.30. The van der Waals surface area contributed by atoms with Crippen molar-refractivity contribution in [2.45, 2.75) is 36.3 Å². The second-order valence-electron chi connectivity index (χ2n) is 7.41. The van der Waals surface area contributed by atoms with E-state index < -0.39 is 9.84 Å². The third-order valence-electron chi connectivity index (χ3n) is 5.41. The molecule has 28 heavy (non-hydrogen) atoms. The van der Waals surface area contributed by atoms with Gasteiger partial charge in [0.15, 0.2) is 9.84 Å². The van der Waals surface area contributed by atoms with Crippen LogP contribution in [0.1, 0.15) is 38.5 Å². The molecule has 1 aromatic heterocycles. The first-order valence-corrected chi connectivity index (χ1v) is 12.1. The summed E-state index contributed by atoms with van der Waals surface area (Å²) < 4.78 is 29.3. The van der Waals surface area contributed by atoms with Gasteiger partial charge >= 0.3 is 0 Å². The molecule has 1 spiro atoms. The fourth-order valence-electron chi connectivity index (χ4n) is 3.86. The smallest absolute Gasteiger partial charge is 0.261 e. The maximum atomic E-state index is 12.7. The first-order valence-electron chi connectivity index (χ1n) is 9.42. The molecule has 2 aromatic rings. The van der Waals surface area contributed by atoms with Gasteiger partial charge in [-0.15, -0.1) is 11.3 Å². The van der Waals surface area contributed by atoms with E-state index in [0.717, 1.165) is 37.9 Å². The molecule has 2 aliphatic rings. The third kappa shape index (κ3) is 3.87. The number of thiophene rings is 1. The number of fused-ring (bicyclic) bond motifs is 2. The molecule has 0 atom stereocenters. The third-order valence-corrected chi connectivity index (χ3v) is 7.90. The predicted molar refractivity (Wildman–Crippen MR) is 108 cm³/mol. The van der Waals surface area contributed by atoms with Crippen molar-refractivity contribution in [3.63, 3.8) is 0 Å². The summed E-state index contributed by atoms with van der Waals surface area (Å²) in [4.78, 5) is 14.9. The number of carbonyl (C=O) groups excluding carboxylic acids is 1. The summed E-state index contributed by atoms with van der Waals surface area (Å²) in [5.41, 5.74) is 1.87. The van der Waals surface area contributed by atoms with Crippen LogP contribution in [0.5, 0.6) is 0 Å². The fourth-order valence-corrected chi connectivity index (χ4v) is 5.82. The number of hydrogen-bond acceptors (Lipinski definition) is 6. The van der Waals surface area contributed by atoms with E-state index in [4.69, 9.17) is 4.74 Å². The van der Waals surface area contributed by atoms with Crippen LogP contribution in [0.4, 0.5) is 0 Å². The van der Waals surface area contributed by atoms with Gasteiger partial charge in [0, 0.05) is 17.7 Å². The van der Waals surface area contributed by atoms with E-state index in [0.29, 0.717) is 18.0 Å². The number of hydrogen-bond donors (Lipinski definition) is 2. The van der Waals surface area contributed by atoms with Crippen molar-refractivity contribution in [2.24, 2.45) is 0 Å². The van der Waals surface area contributed by atoms with Crippen molar-refractivity contribution in [1.29, 1.82) is 0 Å². The van der Waals surface area contributed by atoms with Crippen molar-refractivity contribution >= 4 is 27.1 Å². The number of nitrogens with one attached hydrogen (secondary N) is 2. The molecule has 150 valence electrons. The van der Waals surface area contributed by atoms with Gasteiger partial charge in [-0.2, -0.15) is 0 Å². The van der Waals surface area contributed by atoms with Gasteiger partial charge in [-0.1, -0.05) is 12.1 Å². The number of rotatable bonds is 4. The van der Waals surface area contributed by atoms with Crippen LogP contribution in [0.2, 0.25) is 0 Å². The highest BCUT2D eigenvalue weighted by atomic mass is 32.2. The molecule has 6 nitrogen and oxygen atoms in total. The SMILES string of the molecule is CS(=O)(=O)c1ccc(CNC(=O)c2cc3c(s2)C2(CCNCC2)OCC3)cc1. The number of carbonyl (C=O) groups is 1. The van der Waals surface area contributed by atoms with Crippen molar-refractivity contribution in [3.05, 3.63) is 51.2 Å². The van der Waals surface area contributed by atoms with Crippen molar-refractivity contribution in [3.8, 4) is 0 Å². The monoisotopic (exact) mass is 420 g/mol. The maximum absolute atomic E-state index is 12.7. The standard InChI is InChI=1S/C20H24N2O4S2/c1-28(24,25)16-4-2-14(3-5-16)13-22-19(23)17-12-15-6-11-26-20(18(15)27-17)7-9-21-10-8-20/h2-5,12,21H,6-11,13H2,1H3,(H,22,23). The van der Waals surface area contributed by atoms with E-state index in [1.54, 1.807) is 35.6 Å². The Bertz CT molecular complexity index is 974. The van der Waals surface area contributed by atoms with Gasteiger partial charge in [0.1, 0.15) is 5.60 Å². The molecule has 1 saturated heterocycles. The van der Waals surface area contributed by atoms with Gasteiger partial charge in [-0.05, 0) is 61.7 Å². The molecule has 1 aromatic carbocycles. The van der Waals surface area contributed by atoms with Gasteiger partial charge < -0.3 is 15.4 Å². The molecule has 2 N–H and O–H groups in total. The first kappa shape index (κ1) is 19.6. The Balaban J connectivity index is 1.46. The van der Waals surface area contributed by atoms with Gasteiger partial charge in [-0.3, -0.25) is 4.79 Å². The van der Waals surface area contributed by atoms with E-state index >= 15 is 0 Å². The molecule has 4 rings (SSSR count). The summed E-state index contributed by atoms with van der Waals surface area (Å²) in [6.07, 6.45) is 3.91. The lowest BCUT2D eigenvalue weighted by Crippen LogP contribution is -2.43. The van der Waals surface area contributed by atoms with Crippen LogP contribution in [-0.4, -0.2) is 40.3 Å². The number of piperidine rings is 1. The minimum Gasteiger partial charge on any atom is -0.369 e. The molecule has 3 heterocycles. The summed E-state index contributed by atoms with van der Waals surface area (Å²) in [7, 11) is -3.21. The topological polar surface area (TPSA) is 84.5 Å². The summed E-state index contributed by atoms with van der Waals surface area (Å²) in [6, 6.07) is 8.61. The molecule has 0 unspecified atom stereocenters. The summed E-state index contributed by atoms with van der Waals surface area (Å²) >= 11 is 1.55. The minimum absolute atomic E-state index is 0.101. The number of benzene rings is 1. The van der Waals surface area contributed by atoms with Crippen LogP contribution < -0.4 is 10.6 Å². The highest BCUT2D eigenvalue weighted by Crippen LogP contribution is 2.44. The molecule has 1 amide bonds. The van der Waals surface area contributed by atoms with Gasteiger partial charge in [-0.25, -0.2) is 8.42 Å². The highest BCUT2D eigenvalue weighted by molar-refractivity contribution is 7.90. The minimum atomic E-state index is -3.21. The molecular weight excluding hydrogens is 396 g/mol. The van der Waals surface area contributed by atoms with Crippen LogP contribution in [0.15, 0.2) is 35.2 Å². The van der Waals surface area contributed by atoms with Crippen LogP contribution >= 0.6 is 11.3 Å². The van der Waals surface area contributed by atoms with E-state index in [-0.39, 0.29) is 16.4 Å². The van der Waals surface area contributed by atoms with Crippen LogP contribution in [0, 0.1) is 0 Å². The average molecular weight is 421 g/mol. The summed E-state index contributed by atoms with van der Waals surface area (Å²) in [6.45, 7) is 2.93. The molecule has 0 bridgehead atoms. The van der Waals surface area contributed by atoms with Crippen molar-refractivity contribution < 1.29 is 17.9 Å². The lowest BCUT2D eigenvalue weighted by molar-refractivity contribution is -0.0771. The van der Waals surface area contributed by atoms with E-state index in [2.05, 4.69) is 10.6 Å². The maximum Gasteiger partial charge on any atom is 0.261 e. The molecular formula is C20H24N2O4S2. The Labute approximate surface area is 169 Å². The van der Waals surface area contributed by atoms with E-state index in [9.17, 15) is 13.2 Å². The van der Waals surface area contributed by atoms with Crippen LogP contribution in [0.25, 0.3) is 0 Å². The largest absolute Gasteiger partial charge is 0.369 e. The second kappa shape index (κ2) is 7.59. The number of sulfone groups is 1. The quantitative estimate of drug-likeness (QED) is 0.792. The highest BCUT2D eigenvalue weighted by Gasteiger charge is 2.41. The molecule has 0 saturated carbocycles.